The van der Waals surface area contributed by atoms with Gasteiger partial charge >= 0.3 is 12.4 Å². The first-order valence-corrected chi connectivity index (χ1v) is 8.96. The molecule has 11 heteroatoms. The quantitative estimate of drug-likeness (QED) is 0.646. The summed E-state index contributed by atoms with van der Waals surface area (Å²) in [5.74, 6) is -1.64. The Morgan fingerprint density at radius 2 is 1.77 bits per heavy atom. The van der Waals surface area contributed by atoms with E-state index in [0.717, 1.165) is 22.9 Å². The first kappa shape index (κ1) is 23.7. The van der Waals surface area contributed by atoms with Crippen LogP contribution in [-0.4, -0.2) is 33.3 Å². The summed E-state index contributed by atoms with van der Waals surface area (Å²) in [6.45, 7) is 1.14. The maximum atomic E-state index is 13.4. The minimum atomic E-state index is -5.01. The van der Waals surface area contributed by atoms with Crippen LogP contribution in [0.2, 0.25) is 0 Å². The van der Waals surface area contributed by atoms with Gasteiger partial charge in [-0.3, -0.25) is 4.79 Å². The zero-order valence-electron chi connectivity index (χ0n) is 16.2. The molecule has 2 atom stereocenters. The Balaban J connectivity index is 1.96. The van der Waals surface area contributed by atoms with Crippen molar-refractivity contribution in [2.75, 3.05) is 6.54 Å². The van der Waals surface area contributed by atoms with Crippen LogP contribution in [0.4, 0.5) is 26.3 Å². The van der Waals surface area contributed by atoms with Gasteiger partial charge in [-0.05, 0) is 23.6 Å². The van der Waals surface area contributed by atoms with Gasteiger partial charge in [0.05, 0.1) is 5.56 Å². The maximum absolute atomic E-state index is 13.4. The zero-order chi connectivity index (χ0) is 22.7. The van der Waals surface area contributed by atoms with Crippen molar-refractivity contribution in [2.45, 2.75) is 43.6 Å². The third-order valence-electron chi connectivity index (χ3n) is 4.77. The van der Waals surface area contributed by atoms with Gasteiger partial charge in [0.1, 0.15) is 5.82 Å². The second kappa shape index (κ2) is 8.66. The van der Waals surface area contributed by atoms with Crippen LogP contribution < -0.4 is 5.32 Å². The SMILES string of the molecule is CC(CC(=O)NCCC(O)(c1nccn1C)C(F)(F)F)c1ccc(C(F)(F)F)cc1. The van der Waals surface area contributed by atoms with E-state index in [0.29, 0.717) is 5.56 Å². The molecule has 0 fully saturated rings. The van der Waals surface area contributed by atoms with Crippen molar-refractivity contribution in [3.8, 4) is 0 Å². The molecule has 0 bridgehead atoms. The number of hydrogen-bond donors (Lipinski definition) is 2. The summed E-state index contributed by atoms with van der Waals surface area (Å²) in [7, 11) is 1.31. The number of aryl methyl sites for hydroxylation is 1. The van der Waals surface area contributed by atoms with Crippen molar-refractivity contribution in [3.05, 3.63) is 53.6 Å². The smallest absolute Gasteiger partial charge is 0.374 e. The number of imidazole rings is 1. The van der Waals surface area contributed by atoms with Crippen molar-refractivity contribution < 1.29 is 36.2 Å². The van der Waals surface area contributed by atoms with E-state index in [1.165, 1.54) is 25.4 Å². The van der Waals surface area contributed by atoms with Gasteiger partial charge < -0.3 is 15.0 Å². The molecule has 0 aliphatic heterocycles. The lowest BCUT2D eigenvalue weighted by Crippen LogP contribution is -2.46. The number of nitrogens with one attached hydrogen (secondary N) is 1. The summed E-state index contributed by atoms with van der Waals surface area (Å²) in [6, 6.07) is 4.31. The molecular formula is C19H21F6N3O2. The predicted molar refractivity (Wildman–Crippen MR) is 95.3 cm³/mol. The van der Waals surface area contributed by atoms with E-state index < -0.39 is 54.1 Å². The topological polar surface area (TPSA) is 67.2 Å². The average Bonchev–Trinajstić information content (AvgIpc) is 3.06. The molecule has 1 aromatic carbocycles. The molecule has 0 saturated carbocycles. The van der Waals surface area contributed by atoms with E-state index >= 15 is 0 Å². The van der Waals surface area contributed by atoms with Crippen LogP contribution in [0, 0.1) is 0 Å². The second-order valence-electron chi connectivity index (χ2n) is 7.04. The number of alkyl halides is 6. The molecule has 1 heterocycles. The third kappa shape index (κ3) is 5.32. The highest BCUT2D eigenvalue weighted by molar-refractivity contribution is 5.76. The fraction of sp³-hybridized carbons (Fsp3) is 0.474. The molecule has 0 saturated heterocycles. The molecule has 2 aromatic rings. The molecule has 1 amide bonds. The lowest BCUT2D eigenvalue weighted by Gasteiger charge is -2.30. The highest BCUT2D eigenvalue weighted by atomic mass is 19.4. The molecule has 2 N–H and O–H groups in total. The number of hydrogen-bond acceptors (Lipinski definition) is 3. The molecule has 0 spiro atoms. The van der Waals surface area contributed by atoms with Crippen molar-refractivity contribution in [2.24, 2.45) is 7.05 Å². The number of aromatic nitrogens is 2. The second-order valence-corrected chi connectivity index (χ2v) is 7.04. The van der Waals surface area contributed by atoms with E-state index in [1.54, 1.807) is 6.92 Å². The van der Waals surface area contributed by atoms with Crippen LogP contribution in [0.25, 0.3) is 0 Å². The number of nitrogens with zero attached hydrogens (tertiary/aromatic N) is 2. The largest absolute Gasteiger partial charge is 0.424 e. The average molecular weight is 437 g/mol. The Morgan fingerprint density at radius 3 is 2.23 bits per heavy atom. The molecule has 2 rings (SSSR count). The lowest BCUT2D eigenvalue weighted by atomic mass is 9.95. The molecule has 30 heavy (non-hydrogen) atoms. The monoisotopic (exact) mass is 437 g/mol. The third-order valence-corrected chi connectivity index (χ3v) is 4.77. The Morgan fingerprint density at radius 1 is 1.17 bits per heavy atom. The fourth-order valence-electron chi connectivity index (χ4n) is 3.00. The number of halogens is 6. The molecule has 1 aromatic heterocycles. The number of aliphatic hydroxyl groups is 1. The fourth-order valence-corrected chi connectivity index (χ4v) is 3.00. The van der Waals surface area contributed by atoms with Crippen LogP contribution in [0.15, 0.2) is 36.7 Å². The van der Waals surface area contributed by atoms with Crippen LogP contribution in [0.5, 0.6) is 0 Å². The number of carbonyl (C=O) groups excluding carboxylic acids is 1. The van der Waals surface area contributed by atoms with Gasteiger partial charge in [-0.2, -0.15) is 26.3 Å². The normalized spacial score (nSPS) is 15.5. The van der Waals surface area contributed by atoms with E-state index in [1.807, 2.05) is 0 Å². The predicted octanol–water partition coefficient (Wildman–Crippen LogP) is 3.89. The highest BCUT2D eigenvalue weighted by Crippen LogP contribution is 2.40. The van der Waals surface area contributed by atoms with Gasteiger partial charge in [-0.15, -0.1) is 0 Å². The van der Waals surface area contributed by atoms with Crippen LogP contribution in [0.3, 0.4) is 0 Å². The molecule has 0 aliphatic carbocycles. The van der Waals surface area contributed by atoms with Crippen molar-refractivity contribution in [1.82, 2.24) is 14.9 Å². The number of rotatable bonds is 7. The molecular weight excluding hydrogens is 416 g/mol. The van der Waals surface area contributed by atoms with Gasteiger partial charge in [0, 0.05) is 38.8 Å². The Labute approximate surface area is 168 Å². The minimum absolute atomic E-state index is 0.141. The van der Waals surface area contributed by atoms with E-state index in [4.69, 9.17) is 0 Å². The van der Waals surface area contributed by atoms with Gasteiger partial charge in [-0.1, -0.05) is 19.1 Å². The van der Waals surface area contributed by atoms with Gasteiger partial charge in [0.15, 0.2) is 0 Å². The Kier molecular flexibility index (Phi) is 6.85. The molecule has 2 unspecified atom stereocenters. The van der Waals surface area contributed by atoms with Crippen LogP contribution in [-0.2, 0) is 23.6 Å². The van der Waals surface area contributed by atoms with Crippen LogP contribution in [0.1, 0.15) is 42.6 Å². The molecule has 0 radical (unpaired) electrons. The summed E-state index contributed by atoms with van der Waals surface area (Å²) in [6.07, 6.45) is -8.08. The zero-order valence-corrected chi connectivity index (χ0v) is 16.2. The first-order chi connectivity index (χ1) is 13.8. The Hall–Kier alpha value is -2.56. The molecule has 166 valence electrons. The van der Waals surface area contributed by atoms with Gasteiger partial charge in [-0.25, -0.2) is 4.98 Å². The maximum Gasteiger partial charge on any atom is 0.424 e. The molecule has 0 aliphatic rings. The van der Waals surface area contributed by atoms with Crippen molar-refractivity contribution >= 4 is 5.91 Å². The van der Waals surface area contributed by atoms with Crippen molar-refractivity contribution in [1.29, 1.82) is 0 Å². The van der Waals surface area contributed by atoms with Crippen molar-refractivity contribution in [3.63, 3.8) is 0 Å². The van der Waals surface area contributed by atoms with Gasteiger partial charge in [0.25, 0.3) is 0 Å². The van der Waals surface area contributed by atoms with Crippen LogP contribution >= 0.6 is 0 Å². The molecule has 5 nitrogen and oxygen atoms in total. The first-order valence-electron chi connectivity index (χ1n) is 8.96. The summed E-state index contributed by atoms with van der Waals surface area (Å²) in [5.41, 5.74) is -3.57. The summed E-state index contributed by atoms with van der Waals surface area (Å²) < 4.78 is 79.1. The number of amides is 1. The summed E-state index contributed by atoms with van der Waals surface area (Å²) in [4.78, 5) is 15.6. The summed E-state index contributed by atoms with van der Waals surface area (Å²) >= 11 is 0. The Bertz CT molecular complexity index is 860. The standard InChI is InChI=1S/C19H21F6N3O2/c1-12(13-3-5-14(6-4-13)18(20,21)22)11-15(29)26-8-7-17(30,19(23,24)25)16-27-9-10-28(16)2/h3-6,9-10,12,30H,7-8,11H2,1-2H3,(H,26,29). The van der Waals surface area contributed by atoms with E-state index in [9.17, 15) is 36.2 Å². The van der Waals surface area contributed by atoms with E-state index in [-0.39, 0.29) is 6.42 Å². The number of benzene rings is 1. The summed E-state index contributed by atoms with van der Waals surface area (Å²) in [5, 5.41) is 12.5. The number of carbonyl (C=O) groups is 1. The van der Waals surface area contributed by atoms with Gasteiger partial charge in [0.2, 0.25) is 11.5 Å². The minimum Gasteiger partial charge on any atom is -0.374 e. The lowest BCUT2D eigenvalue weighted by molar-refractivity contribution is -0.272. The van der Waals surface area contributed by atoms with E-state index in [2.05, 4.69) is 10.3 Å². The highest BCUT2D eigenvalue weighted by Gasteiger charge is 2.57.